The van der Waals surface area contributed by atoms with Crippen LogP contribution in [0, 0.1) is 0 Å². The molecule has 0 spiro atoms. The molecule has 3 rings (SSSR count). The number of benzene rings is 3. The molecule has 0 aliphatic rings. The Kier molecular flexibility index (Phi) is 8.00. The Bertz CT molecular complexity index is 1130. The van der Waals surface area contributed by atoms with Gasteiger partial charge in [0.1, 0.15) is 5.75 Å². The van der Waals surface area contributed by atoms with Crippen LogP contribution < -0.4 is 15.4 Å². The highest BCUT2D eigenvalue weighted by Crippen LogP contribution is 2.19. The van der Waals surface area contributed by atoms with Gasteiger partial charge in [-0.3, -0.25) is 14.4 Å². The van der Waals surface area contributed by atoms with E-state index in [9.17, 15) is 14.4 Å². The summed E-state index contributed by atoms with van der Waals surface area (Å²) in [7, 11) is 0. The van der Waals surface area contributed by atoms with Gasteiger partial charge in [-0.25, -0.2) is 0 Å². The molecule has 0 aromatic heterocycles. The Morgan fingerprint density at radius 2 is 1.62 bits per heavy atom. The van der Waals surface area contributed by atoms with E-state index >= 15 is 0 Å². The van der Waals surface area contributed by atoms with Gasteiger partial charge in [0.15, 0.2) is 0 Å². The molecule has 0 atom stereocenters. The zero-order valence-corrected chi connectivity index (χ0v) is 18.3. The fraction of sp³-hybridized carbons (Fsp3) is 0.160. The summed E-state index contributed by atoms with van der Waals surface area (Å²) < 4.78 is 5.02. The van der Waals surface area contributed by atoms with Gasteiger partial charge >= 0.3 is 5.97 Å². The van der Waals surface area contributed by atoms with E-state index in [0.717, 1.165) is 11.1 Å². The number of ether oxygens (including phenoxy) is 1. The minimum atomic E-state index is -0.457. The molecule has 3 aromatic rings. The maximum atomic E-state index is 12.5. The highest BCUT2D eigenvalue weighted by atomic mass is 35.5. The lowest BCUT2D eigenvalue weighted by Crippen LogP contribution is -2.24. The molecule has 6 nitrogen and oxygen atoms in total. The molecular weight excluding hydrogens is 428 g/mol. The third kappa shape index (κ3) is 6.68. The number of amides is 2. The van der Waals surface area contributed by atoms with Crippen molar-refractivity contribution in [1.29, 1.82) is 0 Å². The van der Waals surface area contributed by atoms with Gasteiger partial charge in [0.25, 0.3) is 5.91 Å². The van der Waals surface area contributed by atoms with Crippen molar-refractivity contribution in [3.63, 3.8) is 0 Å². The van der Waals surface area contributed by atoms with Gasteiger partial charge in [0.2, 0.25) is 5.91 Å². The van der Waals surface area contributed by atoms with Gasteiger partial charge in [0, 0.05) is 36.2 Å². The Balaban J connectivity index is 1.59. The number of hydrogen-bond acceptors (Lipinski definition) is 4. The van der Waals surface area contributed by atoms with Crippen LogP contribution in [0.15, 0.2) is 72.8 Å². The molecule has 0 aliphatic carbocycles. The molecule has 0 aliphatic heterocycles. The summed E-state index contributed by atoms with van der Waals surface area (Å²) in [6.07, 6.45) is 0.816. The molecule has 164 valence electrons. The standard InChI is InChI=1S/C25H23ClN2O4/c1-17(29)32-21-10-6-9-19(15-21)25(31)27-16-20-8-3-5-12-23(20)28-24(30)14-13-18-7-2-4-11-22(18)26/h2-12,15H,13-14,16H2,1H3,(H,27,31)(H,28,30). The minimum Gasteiger partial charge on any atom is -0.427 e. The van der Waals surface area contributed by atoms with Crippen LogP contribution in [0.4, 0.5) is 5.69 Å². The zero-order valence-electron chi connectivity index (χ0n) is 17.6. The second-order valence-corrected chi connectivity index (χ2v) is 7.51. The van der Waals surface area contributed by atoms with Gasteiger partial charge in [0.05, 0.1) is 0 Å². The van der Waals surface area contributed by atoms with E-state index in [2.05, 4.69) is 10.6 Å². The molecule has 0 fully saturated rings. The molecule has 2 N–H and O–H groups in total. The smallest absolute Gasteiger partial charge is 0.308 e. The molecule has 0 bridgehead atoms. The van der Waals surface area contributed by atoms with Crippen LogP contribution in [0.1, 0.15) is 34.8 Å². The lowest BCUT2D eigenvalue weighted by Gasteiger charge is -2.13. The number of carbonyl (C=O) groups excluding carboxylic acids is 3. The first kappa shape index (κ1) is 23.0. The normalized spacial score (nSPS) is 10.3. The van der Waals surface area contributed by atoms with Gasteiger partial charge in [-0.1, -0.05) is 54.1 Å². The topological polar surface area (TPSA) is 84.5 Å². The number of hydrogen-bond donors (Lipinski definition) is 2. The fourth-order valence-corrected chi connectivity index (χ4v) is 3.33. The van der Waals surface area contributed by atoms with Crippen LogP contribution in [0.2, 0.25) is 5.02 Å². The van der Waals surface area contributed by atoms with Crippen molar-refractivity contribution in [2.75, 3.05) is 5.32 Å². The van der Waals surface area contributed by atoms with Crippen molar-refractivity contribution in [3.05, 3.63) is 94.5 Å². The first-order chi connectivity index (χ1) is 15.4. The molecule has 3 aromatic carbocycles. The summed E-state index contributed by atoms with van der Waals surface area (Å²) in [6.45, 7) is 1.52. The highest BCUT2D eigenvalue weighted by Gasteiger charge is 2.11. The lowest BCUT2D eigenvalue weighted by molar-refractivity contribution is -0.131. The van der Waals surface area contributed by atoms with Gasteiger partial charge < -0.3 is 15.4 Å². The molecule has 7 heteroatoms. The molecule has 32 heavy (non-hydrogen) atoms. The van der Waals surface area contributed by atoms with E-state index in [4.69, 9.17) is 16.3 Å². The number of anilines is 1. The van der Waals surface area contributed by atoms with Crippen molar-refractivity contribution >= 4 is 35.1 Å². The predicted molar refractivity (Wildman–Crippen MR) is 124 cm³/mol. The van der Waals surface area contributed by atoms with Crippen molar-refractivity contribution in [3.8, 4) is 5.75 Å². The van der Waals surface area contributed by atoms with E-state index < -0.39 is 5.97 Å². The van der Waals surface area contributed by atoms with Crippen LogP contribution in [0.25, 0.3) is 0 Å². The molecular formula is C25H23ClN2O4. The van der Waals surface area contributed by atoms with Crippen LogP contribution in [-0.4, -0.2) is 17.8 Å². The van der Waals surface area contributed by atoms with Crippen molar-refractivity contribution in [2.45, 2.75) is 26.3 Å². The Hall–Kier alpha value is -3.64. The zero-order chi connectivity index (χ0) is 22.9. The summed E-state index contributed by atoms with van der Waals surface area (Å²) in [5, 5.41) is 6.37. The van der Waals surface area contributed by atoms with E-state index in [1.54, 1.807) is 30.3 Å². The Labute approximate surface area is 191 Å². The summed E-state index contributed by atoms with van der Waals surface area (Å²) in [5.74, 6) is -0.616. The van der Waals surface area contributed by atoms with Crippen LogP contribution in [0.3, 0.4) is 0 Å². The Morgan fingerprint density at radius 1 is 0.906 bits per heavy atom. The van der Waals surface area contributed by atoms with Crippen LogP contribution in [0.5, 0.6) is 5.75 Å². The number of rotatable bonds is 8. The monoisotopic (exact) mass is 450 g/mol. The summed E-state index contributed by atoms with van der Waals surface area (Å²) in [5.41, 5.74) is 2.68. The van der Waals surface area contributed by atoms with Gasteiger partial charge in [-0.15, -0.1) is 0 Å². The van der Waals surface area contributed by atoms with E-state index in [-0.39, 0.29) is 24.8 Å². The largest absolute Gasteiger partial charge is 0.427 e. The van der Waals surface area contributed by atoms with Gasteiger partial charge in [-0.05, 0) is 47.9 Å². The van der Waals surface area contributed by atoms with Crippen LogP contribution in [-0.2, 0) is 22.6 Å². The number of nitrogens with one attached hydrogen (secondary N) is 2. The molecule has 0 saturated carbocycles. The lowest BCUT2D eigenvalue weighted by atomic mass is 10.1. The summed E-state index contributed by atoms with van der Waals surface area (Å²) >= 11 is 6.15. The number of halogens is 1. The molecule has 0 heterocycles. The summed E-state index contributed by atoms with van der Waals surface area (Å²) in [4.78, 5) is 36.1. The Morgan fingerprint density at radius 3 is 2.38 bits per heavy atom. The maximum Gasteiger partial charge on any atom is 0.308 e. The highest BCUT2D eigenvalue weighted by molar-refractivity contribution is 6.31. The molecule has 0 radical (unpaired) electrons. The predicted octanol–water partition coefficient (Wildman–Crippen LogP) is 4.77. The first-order valence-corrected chi connectivity index (χ1v) is 10.5. The second kappa shape index (κ2) is 11.1. The second-order valence-electron chi connectivity index (χ2n) is 7.10. The average molecular weight is 451 g/mol. The van der Waals surface area contributed by atoms with E-state index in [1.807, 2.05) is 36.4 Å². The minimum absolute atomic E-state index is 0.141. The quantitative estimate of drug-likeness (QED) is 0.382. The molecule has 0 unspecified atom stereocenters. The van der Waals surface area contributed by atoms with E-state index in [0.29, 0.717) is 28.4 Å². The number of aryl methyl sites for hydroxylation is 1. The third-order valence-electron chi connectivity index (χ3n) is 4.67. The average Bonchev–Trinajstić information content (AvgIpc) is 2.77. The molecule has 0 saturated heterocycles. The first-order valence-electron chi connectivity index (χ1n) is 10.1. The van der Waals surface area contributed by atoms with Crippen molar-refractivity contribution in [1.82, 2.24) is 5.32 Å². The molecule has 2 amide bonds. The summed E-state index contributed by atoms with van der Waals surface area (Å²) in [6, 6.07) is 21.1. The van der Waals surface area contributed by atoms with Gasteiger partial charge in [-0.2, -0.15) is 0 Å². The third-order valence-corrected chi connectivity index (χ3v) is 5.04. The van der Waals surface area contributed by atoms with Crippen molar-refractivity contribution < 1.29 is 19.1 Å². The van der Waals surface area contributed by atoms with Crippen molar-refractivity contribution in [2.24, 2.45) is 0 Å². The maximum absolute atomic E-state index is 12.5. The SMILES string of the molecule is CC(=O)Oc1cccc(C(=O)NCc2ccccc2NC(=O)CCc2ccccc2Cl)c1. The fourth-order valence-electron chi connectivity index (χ4n) is 3.10. The van der Waals surface area contributed by atoms with E-state index in [1.165, 1.54) is 13.0 Å². The number of esters is 1. The number of carbonyl (C=O) groups is 3. The number of para-hydroxylation sites is 1. The van der Waals surface area contributed by atoms with Crippen LogP contribution >= 0.6 is 11.6 Å².